The summed E-state index contributed by atoms with van der Waals surface area (Å²) in [6.07, 6.45) is 11.9. The van der Waals surface area contributed by atoms with Crippen molar-refractivity contribution in [3.8, 4) is 41.2 Å². The first-order valence-corrected chi connectivity index (χ1v) is 22.0. The molecule has 0 bridgehead atoms. The standard InChI is InChI=1S/C19H22N2O.C14H11N.C14H14.C5H8O2.2C2H6.C2H2/c1-14-2-4-15(5-3-14)16-10-12-21(13-11-16)18-8-6-17(7-9-18)19(20)22;1-11-5-7-13(8-6-11)14-4-2-3-12(9-14)10-15;1-11-6-8-13(9-7-11)14-5-3-4-12(2)10-14;1-3-4(2)5(6)7;3*1-2/h2-9,16H,10-13H2,1H3,(H2,20,22);2-9H,1H3;3-10H,1-2H3;3H,1-2H3,(H,6,7);2*1-2H3;1-2H/b;;;4-3+;;;. The first-order valence-electron chi connectivity index (χ1n) is 22.0. The fourth-order valence-electron chi connectivity index (χ4n) is 6.35. The summed E-state index contributed by atoms with van der Waals surface area (Å²) in [5.41, 5.74) is 19.6. The van der Waals surface area contributed by atoms with E-state index in [-0.39, 0.29) is 5.91 Å². The number of aryl methyl sites for hydroxylation is 4. The normalized spacial score (nSPS) is 11.4. The number of terminal acetylenes is 1. The fourth-order valence-corrected chi connectivity index (χ4v) is 6.35. The van der Waals surface area contributed by atoms with Gasteiger partial charge in [0.15, 0.2) is 0 Å². The van der Waals surface area contributed by atoms with Crippen LogP contribution in [-0.2, 0) is 4.79 Å². The highest BCUT2D eigenvalue weighted by Crippen LogP contribution is 2.31. The molecule has 1 aliphatic heterocycles. The van der Waals surface area contributed by atoms with Crippen molar-refractivity contribution in [2.75, 3.05) is 18.0 Å². The van der Waals surface area contributed by atoms with Crippen LogP contribution < -0.4 is 10.6 Å². The summed E-state index contributed by atoms with van der Waals surface area (Å²) in [6.45, 7) is 21.8. The maximum atomic E-state index is 11.1. The summed E-state index contributed by atoms with van der Waals surface area (Å²) >= 11 is 0. The van der Waals surface area contributed by atoms with E-state index in [4.69, 9.17) is 16.1 Å². The van der Waals surface area contributed by atoms with Crippen molar-refractivity contribution in [3.63, 3.8) is 0 Å². The van der Waals surface area contributed by atoms with Crippen molar-refractivity contribution in [2.45, 2.75) is 88.0 Å². The van der Waals surface area contributed by atoms with E-state index in [2.05, 4.69) is 149 Å². The Hall–Kier alpha value is -7.15. The number of nitrogens with two attached hydrogens (primary N) is 1. The monoisotopic (exact) mass is 856 g/mol. The summed E-state index contributed by atoms with van der Waals surface area (Å²) in [7, 11) is 0. The zero-order valence-electron chi connectivity index (χ0n) is 39.7. The molecule has 7 rings (SSSR count). The van der Waals surface area contributed by atoms with Gasteiger partial charge in [0, 0.05) is 29.9 Å². The molecule has 6 nitrogen and oxygen atoms in total. The van der Waals surface area contributed by atoms with Crippen molar-refractivity contribution in [3.05, 3.63) is 196 Å². The molecule has 1 amide bonds. The molecule has 6 aromatic rings. The van der Waals surface area contributed by atoms with E-state index in [1.807, 2.05) is 76.2 Å². The van der Waals surface area contributed by atoms with Gasteiger partial charge in [-0.05, 0) is 125 Å². The van der Waals surface area contributed by atoms with Gasteiger partial charge >= 0.3 is 5.97 Å². The topological polar surface area (TPSA) is 107 Å². The van der Waals surface area contributed by atoms with Crippen LogP contribution in [0.1, 0.15) is 104 Å². The zero-order valence-corrected chi connectivity index (χ0v) is 39.7. The van der Waals surface area contributed by atoms with Crippen LogP contribution in [0.15, 0.2) is 157 Å². The van der Waals surface area contributed by atoms with E-state index < -0.39 is 5.97 Å². The van der Waals surface area contributed by atoms with Gasteiger partial charge in [-0.3, -0.25) is 4.79 Å². The Morgan fingerprint density at radius 2 is 1.08 bits per heavy atom. The molecule has 0 spiro atoms. The fraction of sp³-hybridized carbons (Fsp3) is 0.259. The lowest BCUT2D eigenvalue weighted by molar-refractivity contribution is -0.132. The number of allylic oxidation sites excluding steroid dienone is 1. The molecule has 6 aromatic carbocycles. The lowest BCUT2D eigenvalue weighted by Gasteiger charge is -2.34. The summed E-state index contributed by atoms with van der Waals surface area (Å²) in [6, 6.07) is 51.9. The van der Waals surface area contributed by atoms with Gasteiger partial charge < -0.3 is 15.7 Å². The number of amides is 1. The summed E-state index contributed by atoms with van der Waals surface area (Å²) < 4.78 is 0. The van der Waals surface area contributed by atoms with E-state index in [0.717, 1.165) is 24.2 Å². The number of carboxylic acids is 1. The van der Waals surface area contributed by atoms with Crippen LogP contribution in [0.5, 0.6) is 0 Å². The molecule has 1 heterocycles. The molecular weight excluding hydrogens is 787 g/mol. The van der Waals surface area contributed by atoms with E-state index in [0.29, 0.717) is 22.6 Å². The Balaban J connectivity index is 0.000000433. The summed E-state index contributed by atoms with van der Waals surface area (Å²) in [5, 5.41) is 16.9. The van der Waals surface area contributed by atoms with Gasteiger partial charge in [0.1, 0.15) is 0 Å². The quantitative estimate of drug-likeness (QED) is 0.128. The van der Waals surface area contributed by atoms with Crippen molar-refractivity contribution in [1.29, 1.82) is 5.26 Å². The first kappa shape index (κ1) is 54.9. The number of nitrogens with zero attached hydrogens (tertiary/aromatic N) is 2. The van der Waals surface area contributed by atoms with E-state index >= 15 is 0 Å². The second-order valence-corrected chi connectivity index (χ2v) is 14.7. The minimum Gasteiger partial charge on any atom is -0.478 e. The SMILES string of the molecule is C#C.C/C=C(\C)C(=O)O.CC.CC.Cc1ccc(-c2cccc(C#N)c2)cc1.Cc1ccc(-c2cccc(C)c2)cc1.Cc1ccc(C2CCN(c3ccc(C(N)=O)cc3)CC2)cc1. The molecule has 64 heavy (non-hydrogen) atoms. The molecule has 0 aliphatic carbocycles. The average molecular weight is 856 g/mol. The second-order valence-electron chi connectivity index (χ2n) is 14.7. The predicted molar refractivity (Wildman–Crippen MR) is 273 cm³/mol. The number of hydrogen-bond donors (Lipinski definition) is 2. The third kappa shape index (κ3) is 19.3. The van der Waals surface area contributed by atoms with Crippen LogP contribution in [0.25, 0.3) is 22.3 Å². The Labute approximate surface area is 385 Å². The molecule has 0 atom stereocenters. The van der Waals surface area contributed by atoms with Gasteiger partial charge in [0.2, 0.25) is 5.91 Å². The van der Waals surface area contributed by atoms with Crippen molar-refractivity contribution in [2.24, 2.45) is 5.73 Å². The zero-order chi connectivity index (χ0) is 48.0. The van der Waals surface area contributed by atoms with Gasteiger partial charge in [0.25, 0.3) is 0 Å². The highest BCUT2D eigenvalue weighted by Gasteiger charge is 2.21. The van der Waals surface area contributed by atoms with Gasteiger partial charge in [0.05, 0.1) is 11.6 Å². The van der Waals surface area contributed by atoms with E-state index in [9.17, 15) is 9.59 Å². The number of carboxylic acid groups (broad SMARTS) is 1. The average Bonchev–Trinajstić information content (AvgIpc) is 3.34. The van der Waals surface area contributed by atoms with Crippen molar-refractivity contribution < 1.29 is 14.7 Å². The lowest BCUT2D eigenvalue weighted by Crippen LogP contribution is -2.32. The van der Waals surface area contributed by atoms with Gasteiger partial charge in [-0.15, -0.1) is 12.8 Å². The number of anilines is 1. The van der Waals surface area contributed by atoms with Crippen LogP contribution in [0.3, 0.4) is 0 Å². The van der Waals surface area contributed by atoms with Crippen LogP contribution in [0.4, 0.5) is 5.69 Å². The Bertz CT molecular complexity index is 2340. The smallest absolute Gasteiger partial charge is 0.330 e. The highest BCUT2D eigenvalue weighted by atomic mass is 16.4. The number of benzene rings is 6. The number of hydrogen-bond acceptors (Lipinski definition) is 4. The van der Waals surface area contributed by atoms with Crippen LogP contribution in [-0.4, -0.2) is 30.1 Å². The van der Waals surface area contributed by atoms with E-state index in [1.54, 1.807) is 19.9 Å². The second kappa shape index (κ2) is 30.8. The molecule has 3 N–H and O–H groups in total. The largest absolute Gasteiger partial charge is 0.478 e. The van der Waals surface area contributed by atoms with Crippen LogP contribution in [0.2, 0.25) is 0 Å². The number of rotatable bonds is 6. The molecule has 334 valence electrons. The number of carbonyl (C=O) groups excluding carboxylic acids is 1. The van der Waals surface area contributed by atoms with Crippen molar-refractivity contribution in [1.82, 2.24) is 0 Å². The minimum absolute atomic E-state index is 0.371. The molecule has 1 saturated heterocycles. The maximum Gasteiger partial charge on any atom is 0.330 e. The third-order valence-electron chi connectivity index (χ3n) is 10.1. The third-order valence-corrected chi connectivity index (χ3v) is 10.1. The Morgan fingerprint density at radius 3 is 1.47 bits per heavy atom. The molecule has 1 aliphatic rings. The molecule has 0 unspecified atom stereocenters. The number of nitriles is 1. The lowest BCUT2D eigenvalue weighted by atomic mass is 9.89. The molecule has 1 fully saturated rings. The van der Waals surface area contributed by atoms with Crippen LogP contribution >= 0.6 is 0 Å². The Morgan fingerprint density at radius 1 is 0.641 bits per heavy atom. The van der Waals surface area contributed by atoms with Gasteiger partial charge in [-0.2, -0.15) is 5.26 Å². The molecular formula is C58H69N3O3. The summed E-state index contributed by atoms with van der Waals surface area (Å²) in [4.78, 5) is 23.4. The van der Waals surface area contributed by atoms with Crippen LogP contribution in [0, 0.1) is 51.9 Å². The van der Waals surface area contributed by atoms with Crippen molar-refractivity contribution >= 4 is 17.6 Å². The van der Waals surface area contributed by atoms with Gasteiger partial charge in [-0.1, -0.05) is 165 Å². The summed E-state index contributed by atoms with van der Waals surface area (Å²) in [5.74, 6) is -0.561. The maximum absolute atomic E-state index is 11.1. The van der Waals surface area contributed by atoms with Gasteiger partial charge in [-0.25, -0.2) is 4.79 Å². The minimum atomic E-state index is -0.845. The molecule has 0 saturated carbocycles. The number of primary amides is 1. The predicted octanol–water partition coefficient (Wildman–Crippen LogP) is 14.3. The molecule has 6 heteroatoms. The highest BCUT2D eigenvalue weighted by molar-refractivity contribution is 5.93. The first-order chi connectivity index (χ1) is 30.9. The number of aliphatic carboxylic acids is 1. The number of piperidine rings is 1. The Kier molecular flexibility index (Phi) is 26.4. The van der Waals surface area contributed by atoms with E-state index in [1.165, 1.54) is 57.5 Å². The molecule has 0 radical (unpaired) electrons. The number of carbonyl (C=O) groups is 2. The molecule has 0 aromatic heterocycles.